The SMILES string of the molecule is CCC(C)C(C)NC(=O)C(C)(C)C(=O)O. The lowest BCUT2D eigenvalue weighted by atomic mass is 9.91. The van der Waals surface area contributed by atoms with Gasteiger partial charge in [-0.05, 0) is 26.7 Å². The van der Waals surface area contributed by atoms with Crippen LogP contribution in [0.5, 0.6) is 0 Å². The van der Waals surface area contributed by atoms with Gasteiger partial charge >= 0.3 is 5.97 Å². The van der Waals surface area contributed by atoms with E-state index < -0.39 is 17.3 Å². The third-order valence-corrected chi connectivity index (χ3v) is 2.96. The molecule has 0 aromatic heterocycles. The molecule has 2 atom stereocenters. The van der Waals surface area contributed by atoms with Gasteiger partial charge in [-0.25, -0.2) is 0 Å². The van der Waals surface area contributed by atoms with Crippen LogP contribution in [-0.2, 0) is 9.59 Å². The fraction of sp³-hybridized carbons (Fsp3) is 0.818. The topological polar surface area (TPSA) is 66.4 Å². The van der Waals surface area contributed by atoms with Crippen LogP contribution in [-0.4, -0.2) is 23.0 Å². The number of rotatable bonds is 5. The summed E-state index contributed by atoms with van der Waals surface area (Å²) in [5.74, 6) is -1.18. The summed E-state index contributed by atoms with van der Waals surface area (Å²) in [6.07, 6.45) is 0.953. The van der Waals surface area contributed by atoms with Gasteiger partial charge in [0.2, 0.25) is 5.91 Å². The lowest BCUT2D eigenvalue weighted by Gasteiger charge is -2.25. The van der Waals surface area contributed by atoms with Gasteiger partial charge in [-0.2, -0.15) is 0 Å². The minimum Gasteiger partial charge on any atom is -0.480 e. The van der Waals surface area contributed by atoms with Crippen LogP contribution in [0.3, 0.4) is 0 Å². The zero-order chi connectivity index (χ0) is 12.2. The molecule has 0 spiro atoms. The number of carbonyl (C=O) groups is 2. The van der Waals surface area contributed by atoms with E-state index in [4.69, 9.17) is 5.11 Å². The molecule has 0 bridgehead atoms. The Morgan fingerprint density at radius 3 is 2.13 bits per heavy atom. The highest BCUT2D eigenvalue weighted by molar-refractivity contribution is 6.01. The molecular weight excluding hydrogens is 194 g/mol. The predicted molar refractivity (Wildman–Crippen MR) is 58.5 cm³/mol. The Hall–Kier alpha value is -1.06. The minimum atomic E-state index is -1.36. The molecule has 15 heavy (non-hydrogen) atoms. The first-order valence-electron chi connectivity index (χ1n) is 5.27. The first kappa shape index (κ1) is 13.9. The van der Waals surface area contributed by atoms with E-state index in [1.807, 2.05) is 20.8 Å². The molecule has 0 aliphatic carbocycles. The Morgan fingerprint density at radius 1 is 1.33 bits per heavy atom. The van der Waals surface area contributed by atoms with E-state index in [9.17, 15) is 9.59 Å². The molecule has 1 amide bonds. The largest absolute Gasteiger partial charge is 0.480 e. The monoisotopic (exact) mass is 215 g/mol. The van der Waals surface area contributed by atoms with Crippen molar-refractivity contribution in [2.24, 2.45) is 11.3 Å². The maximum Gasteiger partial charge on any atom is 0.318 e. The molecule has 2 N–H and O–H groups in total. The van der Waals surface area contributed by atoms with Gasteiger partial charge in [0.25, 0.3) is 0 Å². The quantitative estimate of drug-likeness (QED) is 0.685. The van der Waals surface area contributed by atoms with Crippen LogP contribution in [0, 0.1) is 11.3 Å². The molecule has 2 unspecified atom stereocenters. The normalized spacial score (nSPS) is 15.5. The molecule has 0 aromatic rings. The number of nitrogens with one attached hydrogen (secondary N) is 1. The number of amides is 1. The molecular formula is C11H21NO3. The van der Waals surface area contributed by atoms with Crippen LogP contribution in [0.1, 0.15) is 41.0 Å². The molecule has 0 saturated carbocycles. The zero-order valence-electron chi connectivity index (χ0n) is 10.1. The number of hydrogen-bond acceptors (Lipinski definition) is 2. The molecule has 0 heterocycles. The van der Waals surface area contributed by atoms with E-state index >= 15 is 0 Å². The highest BCUT2D eigenvalue weighted by Crippen LogP contribution is 2.17. The second-order valence-electron chi connectivity index (χ2n) is 4.58. The Labute approximate surface area is 91.1 Å². The summed E-state index contributed by atoms with van der Waals surface area (Å²) in [5, 5.41) is 11.6. The lowest BCUT2D eigenvalue weighted by molar-refractivity contribution is -0.153. The van der Waals surface area contributed by atoms with Crippen molar-refractivity contribution < 1.29 is 14.7 Å². The molecule has 0 aliphatic heterocycles. The van der Waals surface area contributed by atoms with Crippen molar-refractivity contribution in [1.82, 2.24) is 5.32 Å². The first-order valence-corrected chi connectivity index (χ1v) is 5.27. The number of carbonyl (C=O) groups excluding carboxylic acids is 1. The van der Waals surface area contributed by atoms with E-state index in [1.165, 1.54) is 13.8 Å². The Morgan fingerprint density at radius 2 is 1.80 bits per heavy atom. The average molecular weight is 215 g/mol. The summed E-state index contributed by atoms with van der Waals surface area (Å²) < 4.78 is 0. The van der Waals surface area contributed by atoms with E-state index in [0.29, 0.717) is 5.92 Å². The zero-order valence-corrected chi connectivity index (χ0v) is 10.1. The summed E-state index contributed by atoms with van der Waals surface area (Å²) in [7, 11) is 0. The van der Waals surface area contributed by atoms with Crippen molar-refractivity contribution in [3.8, 4) is 0 Å². The summed E-state index contributed by atoms with van der Waals surface area (Å²) >= 11 is 0. The maximum atomic E-state index is 11.6. The standard InChI is InChI=1S/C11H21NO3/c1-6-7(2)8(3)12-9(13)11(4,5)10(14)15/h7-8H,6H2,1-5H3,(H,12,13)(H,14,15). The van der Waals surface area contributed by atoms with Gasteiger partial charge in [-0.15, -0.1) is 0 Å². The van der Waals surface area contributed by atoms with Crippen LogP contribution in [0.15, 0.2) is 0 Å². The number of carboxylic acids is 1. The highest BCUT2D eigenvalue weighted by Gasteiger charge is 2.36. The second kappa shape index (κ2) is 5.14. The van der Waals surface area contributed by atoms with Gasteiger partial charge in [-0.1, -0.05) is 20.3 Å². The third kappa shape index (κ3) is 3.53. The molecule has 0 rings (SSSR count). The smallest absolute Gasteiger partial charge is 0.318 e. The third-order valence-electron chi connectivity index (χ3n) is 2.96. The van der Waals surface area contributed by atoms with Crippen LogP contribution < -0.4 is 5.32 Å². The van der Waals surface area contributed by atoms with Gasteiger partial charge in [0.05, 0.1) is 0 Å². The van der Waals surface area contributed by atoms with Crippen molar-refractivity contribution in [2.75, 3.05) is 0 Å². The Kier molecular flexibility index (Phi) is 4.78. The van der Waals surface area contributed by atoms with Crippen molar-refractivity contribution in [3.63, 3.8) is 0 Å². The molecule has 0 fully saturated rings. The Bertz CT molecular complexity index is 248. The van der Waals surface area contributed by atoms with Gasteiger partial charge in [0, 0.05) is 6.04 Å². The van der Waals surface area contributed by atoms with Gasteiger partial charge in [-0.3, -0.25) is 9.59 Å². The summed E-state index contributed by atoms with van der Waals surface area (Å²) in [5.41, 5.74) is -1.36. The second-order valence-corrected chi connectivity index (χ2v) is 4.58. The molecule has 0 saturated heterocycles. The summed E-state index contributed by atoms with van der Waals surface area (Å²) in [4.78, 5) is 22.5. The van der Waals surface area contributed by atoms with Gasteiger partial charge < -0.3 is 10.4 Å². The molecule has 4 nitrogen and oxygen atoms in total. The minimum absolute atomic E-state index is 0.00104. The van der Waals surface area contributed by atoms with Crippen molar-refractivity contribution in [2.45, 2.75) is 47.1 Å². The lowest BCUT2D eigenvalue weighted by Crippen LogP contribution is -2.47. The van der Waals surface area contributed by atoms with E-state index in [-0.39, 0.29) is 6.04 Å². The van der Waals surface area contributed by atoms with Crippen LogP contribution in [0.2, 0.25) is 0 Å². The van der Waals surface area contributed by atoms with Crippen LogP contribution >= 0.6 is 0 Å². The Balaban J connectivity index is 4.43. The molecule has 0 aliphatic rings. The molecule has 88 valence electrons. The van der Waals surface area contributed by atoms with Crippen molar-refractivity contribution in [3.05, 3.63) is 0 Å². The maximum absolute atomic E-state index is 11.6. The highest BCUT2D eigenvalue weighted by atomic mass is 16.4. The summed E-state index contributed by atoms with van der Waals surface area (Å²) in [6.45, 7) is 8.78. The van der Waals surface area contributed by atoms with Crippen molar-refractivity contribution in [1.29, 1.82) is 0 Å². The molecule has 4 heteroatoms. The number of carboxylic acid groups (broad SMARTS) is 1. The van der Waals surface area contributed by atoms with Crippen LogP contribution in [0.4, 0.5) is 0 Å². The van der Waals surface area contributed by atoms with E-state index in [1.54, 1.807) is 0 Å². The first-order chi connectivity index (χ1) is 6.73. The van der Waals surface area contributed by atoms with E-state index in [0.717, 1.165) is 6.42 Å². The van der Waals surface area contributed by atoms with Crippen LogP contribution in [0.25, 0.3) is 0 Å². The predicted octanol–water partition coefficient (Wildman–Crippen LogP) is 1.65. The average Bonchev–Trinajstić information content (AvgIpc) is 2.15. The molecule has 0 radical (unpaired) electrons. The van der Waals surface area contributed by atoms with Gasteiger partial charge in [0.1, 0.15) is 5.41 Å². The van der Waals surface area contributed by atoms with Crippen molar-refractivity contribution >= 4 is 11.9 Å². The fourth-order valence-corrected chi connectivity index (χ4v) is 0.980. The fourth-order valence-electron chi connectivity index (χ4n) is 0.980. The van der Waals surface area contributed by atoms with Gasteiger partial charge in [0.15, 0.2) is 0 Å². The number of aliphatic carboxylic acids is 1. The summed E-state index contributed by atoms with van der Waals surface area (Å²) in [6, 6.07) is 0.00104. The molecule has 0 aromatic carbocycles. The number of hydrogen-bond donors (Lipinski definition) is 2. The van der Waals surface area contributed by atoms with E-state index in [2.05, 4.69) is 5.32 Å².